The van der Waals surface area contributed by atoms with Gasteiger partial charge in [-0.3, -0.25) is 9.69 Å². The second-order valence-electron chi connectivity index (χ2n) is 7.50. The van der Waals surface area contributed by atoms with Crippen molar-refractivity contribution in [2.75, 3.05) is 17.2 Å². The number of aromatic nitrogens is 3. The number of hydrogen-bond acceptors (Lipinski definition) is 5. The van der Waals surface area contributed by atoms with Crippen molar-refractivity contribution < 1.29 is 4.79 Å². The van der Waals surface area contributed by atoms with Crippen molar-refractivity contribution in [1.29, 1.82) is 0 Å². The van der Waals surface area contributed by atoms with E-state index in [1.54, 1.807) is 35.6 Å². The third-order valence-electron chi connectivity index (χ3n) is 5.04. The second kappa shape index (κ2) is 9.66. The van der Waals surface area contributed by atoms with Gasteiger partial charge in [0.05, 0.1) is 16.5 Å². The van der Waals surface area contributed by atoms with Crippen molar-refractivity contribution in [2.24, 2.45) is 0 Å². The number of nitrogens with zero attached hydrogens (tertiary/aromatic N) is 4. The number of aryl methyl sites for hydroxylation is 3. The maximum absolute atomic E-state index is 13.6. The van der Waals surface area contributed by atoms with Crippen LogP contribution in [-0.2, 0) is 6.54 Å². The highest BCUT2D eigenvalue weighted by molar-refractivity contribution is 7.99. The summed E-state index contributed by atoms with van der Waals surface area (Å²) in [5.41, 5.74) is 4.04. The van der Waals surface area contributed by atoms with E-state index in [-0.39, 0.29) is 5.91 Å². The highest BCUT2D eigenvalue weighted by atomic mass is 32.2. The summed E-state index contributed by atoms with van der Waals surface area (Å²) in [4.78, 5) is 25.5. The lowest BCUT2D eigenvalue weighted by atomic mass is 10.1. The topological polar surface area (TPSA) is 51.0 Å². The molecule has 31 heavy (non-hydrogen) atoms. The van der Waals surface area contributed by atoms with Crippen LogP contribution in [0.4, 0.5) is 5.13 Å². The Morgan fingerprint density at radius 3 is 2.87 bits per heavy atom. The molecule has 0 atom stereocenters. The molecule has 0 radical (unpaired) electrons. The molecular formula is C24H26N4OS2. The fourth-order valence-electron chi connectivity index (χ4n) is 3.63. The molecule has 4 aromatic rings. The van der Waals surface area contributed by atoms with E-state index in [4.69, 9.17) is 4.98 Å². The molecule has 0 fully saturated rings. The first-order valence-corrected chi connectivity index (χ1v) is 12.2. The van der Waals surface area contributed by atoms with Crippen molar-refractivity contribution in [3.05, 3.63) is 71.8 Å². The van der Waals surface area contributed by atoms with E-state index in [2.05, 4.69) is 44.0 Å². The smallest absolute Gasteiger partial charge is 0.260 e. The van der Waals surface area contributed by atoms with Crippen LogP contribution in [0.5, 0.6) is 0 Å². The predicted octanol–water partition coefficient (Wildman–Crippen LogP) is 5.96. The molecule has 0 aliphatic carbocycles. The van der Waals surface area contributed by atoms with Crippen LogP contribution < -0.4 is 4.90 Å². The molecule has 0 unspecified atom stereocenters. The summed E-state index contributed by atoms with van der Waals surface area (Å²) < 4.78 is 3.16. The van der Waals surface area contributed by atoms with Crippen molar-refractivity contribution in [3.63, 3.8) is 0 Å². The monoisotopic (exact) mass is 450 g/mol. The third-order valence-corrected chi connectivity index (χ3v) is 6.95. The molecule has 2 aromatic carbocycles. The van der Waals surface area contributed by atoms with Gasteiger partial charge in [-0.1, -0.05) is 30.4 Å². The predicted molar refractivity (Wildman–Crippen MR) is 130 cm³/mol. The first-order chi connectivity index (χ1) is 15.0. The second-order valence-corrected chi connectivity index (χ2v) is 9.84. The normalized spacial score (nSPS) is 11.2. The van der Waals surface area contributed by atoms with Gasteiger partial charge in [0.15, 0.2) is 5.13 Å². The van der Waals surface area contributed by atoms with Crippen molar-refractivity contribution in [1.82, 2.24) is 14.5 Å². The lowest BCUT2D eigenvalue weighted by Gasteiger charge is -2.20. The molecule has 0 saturated carbocycles. The Balaban J connectivity index is 1.66. The molecule has 2 aromatic heterocycles. The molecule has 0 aliphatic rings. The van der Waals surface area contributed by atoms with Crippen LogP contribution >= 0.6 is 23.1 Å². The van der Waals surface area contributed by atoms with Crippen LogP contribution in [0.2, 0.25) is 0 Å². The van der Waals surface area contributed by atoms with E-state index in [0.717, 1.165) is 44.5 Å². The van der Waals surface area contributed by atoms with E-state index >= 15 is 0 Å². The highest BCUT2D eigenvalue weighted by Gasteiger charge is 2.22. The summed E-state index contributed by atoms with van der Waals surface area (Å²) in [6.45, 7) is 7.69. The maximum Gasteiger partial charge on any atom is 0.260 e. The Bertz CT molecular complexity index is 1180. The number of anilines is 1. The highest BCUT2D eigenvalue weighted by Crippen LogP contribution is 2.33. The van der Waals surface area contributed by atoms with Gasteiger partial charge >= 0.3 is 0 Å². The average molecular weight is 451 g/mol. The molecule has 0 N–H and O–H groups in total. The lowest BCUT2D eigenvalue weighted by molar-refractivity contribution is 0.0986. The van der Waals surface area contributed by atoms with Crippen LogP contribution in [-0.4, -0.2) is 32.7 Å². The van der Waals surface area contributed by atoms with Crippen LogP contribution in [0, 0.1) is 13.8 Å². The minimum absolute atomic E-state index is 0.00221. The summed E-state index contributed by atoms with van der Waals surface area (Å²) >= 11 is 3.33. The third kappa shape index (κ3) is 4.99. The number of amides is 1. The van der Waals surface area contributed by atoms with Gasteiger partial charge in [-0.2, -0.15) is 0 Å². The maximum atomic E-state index is 13.6. The number of benzene rings is 2. The molecule has 2 heterocycles. The molecular weight excluding hydrogens is 424 g/mol. The average Bonchev–Trinajstić information content (AvgIpc) is 3.41. The minimum atomic E-state index is -0.00221. The summed E-state index contributed by atoms with van der Waals surface area (Å²) in [7, 11) is 0. The molecule has 0 saturated heterocycles. The Kier molecular flexibility index (Phi) is 6.73. The van der Waals surface area contributed by atoms with Gasteiger partial charge in [0, 0.05) is 35.9 Å². The van der Waals surface area contributed by atoms with E-state index in [0.29, 0.717) is 12.1 Å². The van der Waals surface area contributed by atoms with Gasteiger partial charge in [0.1, 0.15) is 0 Å². The first kappa shape index (κ1) is 21.6. The van der Waals surface area contributed by atoms with Crippen molar-refractivity contribution >= 4 is 44.4 Å². The zero-order chi connectivity index (χ0) is 21.8. The zero-order valence-electron chi connectivity index (χ0n) is 18.0. The molecule has 0 spiro atoms. The Labute approximate surface area is 191 Å². The standard InChI is InChI=1S/C24H26N4OS2/c1-4-30-20-8-5-7-19(15-20)23(29)28(11-6-10-27-12-9-25-16-27)24-26-22-18(3)13-17(2)14-21(22)31-24/h5,7-9,12-16H,4,6,10-11H2,1-3H3. The largest absolute Gasteiger partial charge is 0.337 e. The van der Waals surface area contributed by atoms with E-state index in [1.165, 1.54) is 5.56 Å². The molecule has 4 rings (SSSR count). The van der Waals surface area contributed by atoms with Gasteiger partial charge < -0.3 is 4.57 Å². The number of fused-ring (bicyclic) bond motifs is 1. The Morgan fingerprint density at radius 2 is 2.10 bits per heavy atom. The van der Waals surface area contributed by atoms with E-state index in [9.17, 15) is 4.79 Å². The number of carbonyl (C=O) groups is 1. The Hall–Kier alpha value is -2.64. The summed E-state index contributed by atoms with van der Waals surface area (Å²) in [6, 6.07) is 12.2. The molecule has 0 aliphatic heterocycles. The van der Waals surface area contributed by atoms with Gasteiger partial charge in [-0.05, 0) is 61.4 Å². The summed E-state index contributed by atoms with van der Waals surface area (Å²) in [6.07, 6.45) is 6.35. The number of rotatable bonds is 8. The lowest BCUT2D eigenvalue weighted by Crippen LogP contribution is -2.32. The van der Waals surface area contributed by atoms with Crippen LogP contribution in [0.1, 0.15) is 34.8 Å². The first-order valence-electron chi connectivity index (χ1n) is 10.4. The number of thiazole rings is 1. The summed E-state index contributed by atoms with van der Waals surface area (Å²) in [5.74, 6) is 0.973. The van der Waals surface area contributed by atoms with E-state index in [1.807, 2.05) is 33.9 Å². The fraction of sp³-hybridized carbons (Fsp3) is 0.292. The molecule has 5 nitrogen and oxygen atoms in total. The van der Waals surface area contributed by atoms with E-state index < -0.39 is 0 Å². The van der Waals surface area contributed by atoms with Gasteiger partial charge in [-0.25, -0.2) is 9.97 Å². The zero-order valence-corrected chi connectivity index (χ0v) is 19.7. The number of imidazole rings is 1. The molecule has 0 bridgehead atoms. The fourth-order valence-corrected chi connectivity index (χ4v) is 5.51. The van der Waals surface area contributed by atoms with Crippen LogP contribution in [0.3, 0.4) is 0 Å². The summed E-state index contributed by atoms with van der Waals surface area (Å²) in [5, 5.41) is 0.757. The number of hydrogen-bond donors (Lipinski definition) is 0. The molecule has 1 amide bonds. The van der Waals surface area contributed by atoms with Crippen LogP contribution in [0.15, 0.2) is 60.0 Å². The molecule has 160 valence electrons. The molecule has 7 heteroatoms. The van der Waals surface area contributed by atoms with Gasteiger partial charge in [0.2, 0.25) is 0 Å². The minimum Gasteiger partial charge on any atom is -0.337 e. The Morgan fingerprint density at radius 1 is 1.23 bits per heavy atom. The SMILES string of the molecule is CCSc1cccc(C(=O)N(CCCn2ccnc2)c2nc3c(C)cc(C)cc3s2)c1. The van der Waals surface area contributed by atoms with Gasteiger partial charge in [-0.15, -0.1) is 11.8 Å². The van der Waals surface area contributed by atoms with Gasteiger partial charge in [0.25, 0.3) is 5.91 Å². The quantitative estimate of drug-likeness (QED) is 0.311. The van der Waals surface area contributed by atoms with Crippen LogP contribution in [0.25, 0.3) is 10.2 Å². The van der Waals surface area contributed by atoms with Crippen molar-refractivity contribution in [3.8, 4) is 0 Å². The number of thioether (sulfide) groups is 1. The number of carbonyl (C=O) groups excluding carboxylic acids is 1. The van der Waals surface area contributed by atoms with Crippen molar-refractivity contribution in [2.45, 2.75) is 38.6 Å².